The van der Waals surface area contributed by atoms with Crippen molar-refractivity contribution >= 4 is 29.9 Å². The summed E-state index contributed by atoms with van der Waals surface area (Å²) < 4.78 is 0. The average molecular weight is 376 g/mol. The summed E-state index contributed by atoms with van der Waals surface area (Å²) in [7, 11) is 1.80. The SMILES string of the molecule is CCC(C)NC(=NC)NCCc1ccncc1C.I. The lowest BCUT2D eigenvalue weighted by molar-refractivity contribution is 0.624. The van der Waals surface area contributed by atoms with E-state index in [4.69, 9.17) is 0 Å². The quantitative estimate of drug-likeness (QED) is 0.472. The zero-order chi connectivity index (χ0) is 13.4. The molecule has 0 aliphatic rings. The van der Waals surface area contributed by atoms with Crippen LogP contribution in [0.5, 0.6) is 0 Å². The Bertz CT molecular complexity index is 393. The van der Waals surface area contributed by atoms with E-state index in [1.165, 1.54) is 11.1 Å². The number of guanidine groups is 1. The number of rotatable bonds is 5. The third kappa shape index (κ3) is 6.75. The van der Waals surface area contributed by atoms with E-state index in [9.17, 15) is 0 Å². The van der Waals surface area contributed by atoms with Crippen molar-refractivity contribution in [3.8, 4) is 0 Å². The van der Waals surface area contributed by atoms with Crippen molar-refractivity contribution in [1.82, 2.24) is 15.6 Å². The van der Waals surface area contributed by atoms with Gasteiger partial charge in [-0.3, -0.25) is 9.98 Å². The molecule has 4 nitrogen and oxygen atoms in total. The normalized spacial score (nSPS) is 12.5. The molecule has 1 unspecified atom stereocenters. The Hall–Kier alpha value is -0.850. The summed E-state index contributed by atoms with van der Waals surface area (Å²) in [5.41, 5.74) is 2.57. The Kier molecular flexibility index (Phi) is 9.55. The van der Waals surface area contributed by atoms with Crippen LogP contribution < -0.4 is 10.6 Å². The lowest BCUT2D eigenvalue weighted by atomic mass is 10.1. The molecule has 0 aliphatic heterocycles. The van der Waals surface area contributed by atoms with Crippen molar-refractivity contribution in [3.63, 3.8) is 0 Å². The van der Waals surface area contributed by atoms with Crippen molar-refractivity contribution < 1.29 is 0 Å². The third-order valence-electron chi connectivity index (χ3n) is 3.04. The molecule has 1 atom stereocenters. The topological polar surface area (TPSA) is 49.3 Å². The minimum Gasteiger partial charge on any atom is -0.356 e. The summed E-state index contributed by atoms with van der Waals surface area (Å²) in [4.78, 5) is 8.31. The standard InChI is InChI=1S/C14H24N4.HI/c1-5-12(3)18-14(15-4)17-9-7-13-6-8-16-10-11(13)2;/h6,8,10,12H,5,7,9H2,1-4H3,(H2,15,17,18);1H. The second-order valence-electron chi connectivity index (χ2n) is 4.50. The number of nitrogens with one attached hydrogen (secondary N) is 2. The fourth-order valence-corrected chi connectivity index (χ4v) is 1.63. The third-order valence-corrected chi connectivity index (χ3v) is 3.04. The first-order valence-electron chi connectivity index (χ1n) is 6.54. The van der Waals surface area contributed by atoms with Gasteiger partial charge in [0, 0.05) is 32.0 Å². The second kappa shape index (κ2) is 10.00. The molecule has 0 saturated heterocycles. The van der Waals surface area contributed by atoms with Gasteiger partial charge in [0.1, 0.15) is 0 Å². The number of hydrogen-bond donors (Lipinski definition) is 2. The van der Waals surface area contributed by atoms with Gasteiger partial charge >= 0.3 is 0 Å². The van der Waals surface area contributed by atoms with Gasteiger partial charge in [-0.25, -0.2) is 0 Å². The van der Waals surface area contributed by atoms with Gasteiger partial charge in [0.25, 0.3) is 0 Å². The van der Waals surface area contributed by atoms with Crippen LogP contribution in [0.2, 0.25) is 0 Å². The molecule has 2 N–H and O–H groups in total. The van der Waals surface area contributed by atoms with E-state index in [1.54, 1.807) is 7.05 Å². The first-order chi connectivity index (χ1) is 8.67. The van der Waals surface area contributed by atoms with Crippen molar-refractivity contribution in [1.29, 1.82) is 0 Å². The van der Waals surface area contributed by atoms with E-state index >= 15 is 0 Å². The monoisotopic (exact) mass is 376 g/mol. The number of aryl methyl sites for hydroxylation is 1. The number of aliphatic imine (C=N–C) groups is 1. The molecule has 0 radical (unpaired) electrons. The molecule has 0 bridgehead atoms. The molecule has 0 amide bonds. The van der Waals surface area contributed by atoms with Crippen molar-refractivity contribution in [2.75, 3.05) is 13.6 Å². The molecule has 0 spiro atoms. The highest BCUT2D eigenvalue weighted by molar-refractivity contribution is 14.0. The van der Waals surface area contributed by atoms with Crippen LogP contribution in [-0.2, 0) is 6.42 Å². The van der Waals surface area contributed by atoms with Gasteiger partial charge in [-0.05, 0) is 43.9 Å². The van der Waals surface area contributed by atoms with Crippen molar-refractivity contribution in [3.05, 3.63) is 29.6 Å². The van der Waals surface area contributed by atoms with E-state index in [2.05, 4.69) is 47.4 Å². The predicted octanol–water partition coefficient (Wildman–Crippen LogP) is 2.51. The van der Waals surface area contributed by atoms with Gasteiger partial charge in [0.2, 0.25) is 0 Å². The molecule has 0 saturated carbocycles. The molecule has 0 aromatic carbocycles. The summed E-state index contributed by atoms with van der Waals surface area (Å²) in [6, 6.07) is 2.51. The molecule has 1 aromatic heterocycles. The second-order valence-corrected chi connectivity index (χ2v) is 4.50. The van der Waals surface area contributed by atoms with Gasteiger partial charge < -0.3 is 10.6 Å². The van der Waals surface area contributed by atoms with Crippen LogP contribution in [-0.4, -0.2) is 30.6 Å². The minimum absolute atomic E-state index is 0. The Morgan fingerprint density at radius 2 is 2.21 bits per heavy atom. The van der Waals surface area contributed by atoms with Crippen LogP contribution in [0.15, 0.2) is 23.5 Å². The highest BCUT2D eigenvalue weighted by Gasteiger charge is 2.03. The first-order valence-corrected chi connectivity index (χ1v) is 6.54. The summed E-state index contributed by atoms with van der Waals surface area (Å²) in [5.74, 6) is 0.871. The zero-order valence-corrected chi connectivity index (χ0v) is 14.6. The Morgan fingerprint density at radius 1 is 1.47 bits per heavy atom. The van der Waals surface area contributed by atoms with Gasteiger partial charge in [-0.1, -0.05) is 6.92 Å². The molecule has 1 aromatic rings. The van der Waals surface area contributed by atoms with Crippen LogP contribution in [0.3, 0.4) is 0 Å². The van der Waals surface area contributed by atoms with Gasteiger partial charge in [0.05, 0.1) is 0 Å². The molecule has 0 aliphatic carbocycles. The zero-order valence-electron chi connectivity index (χ0n) is 12.2. The molecule has 0 fully saturated rings. The van der Waals surface area contributed by atoms with Crippen LogP contribution in [0.1, 0.15) is 31.4 Å². The van der Waals surface area contributed by atoms with Crippen molar-refractivity contribution in [2.24, 2.45) is 4.99 Å². The summed E-state index contributed by atoms with van der Waals surface area (Å²) >= 11 is 0. The predicted molar refractivity (Wildman–Crippen MR) is 92.3 cm³/mol. The molecular formula is C14H25IN4. The largest absolute Gasteiger partial charge is 0.356 e. The minimum atomic E-state index is 0. The smallest absolute Gasteiger partial charge is 0.191 e. The summed E-state index contributed by atoms with van der Waals surface area (Å²) in [6.45, 7) is 7.28. The lowest BCUT2D eigenvalue weighted by Gasteiger charge is -2.16. The number of aromatic nitrogens is 1. The first kappa shape index (κ1) is 18.1. The highest BCUT2D eigenvalue weighted by atomic mass is 127. The van der Waals surface area contributed by atoms with E-state index < -0.39 is 0 Å². The fraction of sp³-hybridized carbons (Fsp3) is 0.571. The lowest BCUT2D eigenvalue weighted by Crippen LogP contribution is -2.42. The van der Waals surface area contributed by atoms with Crippen LogP contribution in [0.25, 0.3) is 0 Å². The molecule has 19 heavy (non-hydrogen) atoms. The number of hydrogen-bond acceptors (Lipinski definition) is 2. The Labute approximate surface area is 133 Å². The van der Waals surface area contributed by atoms with Gasteiger partial charge in [0.15, 0.2) is 5.96 Å². The maximum atomic E-state index is 4.21. The summed E-state index contributed by atoms with van der Waals surface area (Å²) in [5, 5.41) is 6.67. The average Bonchev–Trinajstić information content (AvgIpc) is 2.39. The highest BCUT2D eigenvalue weighted by Crippen LogP contribution is 2.04. The number of nitrogens with zero attached hydrogens (tertiary/aromatic N) is 2. The molecular weight excluding hydrogens is 351 g/mol. The Balaban J connectivity index is 0.00000324. The van der Waals surface area contributed by atoms with E-state index in [0.29, 0.717) is 6.04 Å². The number of halogens is 1. The molecule has 1 rings (SSSR count). The van der Waals surface area contributed by atoms with E-state index in [0.717, 1.165) is 25.3 Å². The van der Waals surface area contributed by atoms with Gasteiger partial charge in [-0.2, -0.15) is 0 Å². The van der Waals surface area contributed by atoms with Crippen molar-refractivity contribution in [2.45, 2.75) is 39.7 Å². The van der Waals surface area contributed by atoms with Crippen LogP contribution in [0.4, 0.5) is 0 Å². The maximum absolute atomic E-state index is 4.21. The molecule has 108 valence electrons. The van der Waals surface area contributed by atoms with Crippen LogP contribution in [0, 0.1) is 6.92 Å². The molecule has 1 heterocycles. The van der Waals surface area contributed by atoms with E-state index in [-0.39, 0.29) is 24.0 Å². The fourth-order valence-electron chi connectivity index (χ4n) is 1.63. The van der Waals surface area contributed by atoms with E-state index in [1.807, 2.05) is 12.4 Å². The van der Waals surface area contributed by atoms with Gasteiger partial charge in [-0.15, -0.1) is 24.0 Å². The number of pyridine rings is 1. The summed E-state index contributed by atoms with van der Waals surface area (Å²) in [6.07, 6.45) is 5.82. The molecule has 5 heteroatoms. The van der Waals surface area contributed by atoms with Crippen LogP contribution >= 0.6 is 24.0 Å². The maximum Gasteiger partial charge on any atom is 0.191 e. The Morgan fingerprint density at radius 3 is 2.79 bits per heavy atom.